The molecule has 3 aromatic rings. The molecule has 22 heavy (non-hydrogen) atoms. The monoisotopic (exact) mass is 333 g/mol. The van der Waals surface area contributed by atoms with Crippen molar-refractivity contribution in [2.24, 2.45) is 4.99 Å². The summed E-state index contributed by atoms with van der Waals surface area (Å²) < 4.78 is 1.21. The number of nitrogens with zero attached hydrogens (tertiary/aromatic N) is 2. The van der Waals surface area contributed by atoms with Crippen LogP contribution in [0.15, 0.2) is 53.5 Å². The van der Waals surface area contributed by atoms with E-state index in [0.717, 1.165) is 35.0 Å². The number of hydrogen-bond donors (Lipinski definition) is 1. The van der Waals surface area contributed by atoms with Gasteiger partial charge in [-0.1, -0.05) is 30.3 Å². The first-order chi connectivity index (χ1) is 9.90. The maximum absolute atomic E-state index is 4.71. The Morgan fingerprint density at radius 3 is 2.55 bits per heavy atom. The molecule has 0 amide bonds. The third kappa shape index (κ3) is 2.97. The highest BCUT2D eigenvalue weighted by Crippen LogP contribution is 2.30. The van der Waals surface area contributed by atoms with Gasteiger partial charge in [0.25, 0.3) is 0 Å². The highest BCUT2D eigenvalue weighted by atomic mass is 35.5. The molecule has 1 aromatic heterocycles. The van der Waals surface area contributed by atoms with E-state index in [-0.39, 0.29) is 17.9 Å². The van der Waals surface area contributed by atoms with Gasteiger partial charge in [-0.25, -0.2) is 4.98 Å². The lowest BCUT2D eigenvalue weighted by Gasteiger charge is -2.01. The standard InChI is InChI=1S/C16H13N3S.ClH.H2O/c1-2-4-11(5-3-1)16-19-13-7-6-12(10-14(13)20-16)15-17-8-9-18-15;;/h1-7,10H,8-9H2,(H,17,18);1H;1H2. The molecule has 0 spiro atoms. The van der Waals surface area contributed by atoms with E-state index in [2.05, 4.69) is 40.6 Å². The topological polar surface area (TPSA) is 68.8 Å². The van der Waals surface area contributed by atoms with Crippen molar-refractivity contribution in [3.05, 3.63) is 54.1 Å². The van der Waals surface area contributed by atoms with E-state index < -0.39 is 0 Å². The van der Waals surface area contributed by atoms with E-state index in [1.54, 1.807) is 11.3 Å². The molecular weight excluding hydrogens is 318 g/mol. The van der Waals surface area contributed by atoms with Crippen LogP contribution in [0.1, 0.15) is 5.56 Å². The number of fused-ring (bicyclic) bond motifs is 1. The van der Waals surface area contributed by atoms with E-state index in [9.17, 15) is 0 Å². The van der Waals surface area contributed by atoms with Crippen LogP contribution in [0.25, 0.3) is 20.8 Å². The Hall–Kier alpha value is -1.95. The van der Waals surface area contributed by atoms with Crippen molar-refractivity contribution in [2.75, 3.05) is 13.1 Å². The van der Waals surface area contributed by atoms with Gasteiger partial charge in [-0.15, -0.1) is 23.7 Å². The normalized spacial score (nSPS) is 13.0. The molecule has 3 N–H and O–H groups in total. The van der Waals surface area contributed by atoms with Gasteiger partial charge in [0, 0.05) is 17.7 Å². The molecule has 0 saturated carbocycles. The summed E-state index contributed by atoms with van der Waals surface area (Å²) in [6.45, 7) is 1.80. The third-order valence-corrected chi connectivity index (χ3v) is 4.42. The lowest BCUT2D eigenvalue weighted by molar-refractivity contribution is 0.824. The lowest BCUT2D eigenvalue weighted by atomic mass is 10.2. The van der Waals surface area contributed by atoms with Crippen LogP contribution in [0, 0.1) is 0 Å². The van der Waals surface area contributed by atoms with Gasteiger partial charge in [-0.2, -0.15) is 0 Å². The Bertz CT molecular complexity index is 802. The molecule has 0 bridgehead atoms. The summed E-state index contributed by atoms with van der Waals surface area (Å²) in [4.78, 5) is 9.18. The van der Waals surface area contributed by atoms with Crippen molar-refractivity contribution in [1.29, 1.82) is 0 Å². The average Bonchev–Trinajstić information content (AvgIpc) is 3.16. The van der Waals surface area contributed by atoms with Gasteiger partial charge in [0.1, 0.15) is 10.8 Å². The number of aliphatic imine (C=N–C) groups is 1. The molecule has 0 unspecified atom stereocenters. The second kappa shape index (κ2) is 6.87. The van der Waals surface area contributed by atoms with Crippen LogP contribution in [-0.2, 0) is 0 Å². The number of benzene rings is 2. The number of thiazole rings is 1. The fourth-order valence-corrected chi connectivity index (χ4v) is 3.38. The molecule has 114 valence electrons. The number of amidine groups is 1. The van der Waals surface area contributed by atoms with Crippen LogP contribution >= 0.6 is 23.7 Å². The summed E-state index contributed by atoms with van der Waals surface area (Å²) in [6.07, 6.45) is 0. The average molecular weight is 334 g/mol. The molecule has 6 heteroatoms. The summed E-state index contributed by atoms with van der Waals surface area (Å²) in [5.74, 6) is 1.00. The highest BCUT2D eigenvalue weighted by molar-refractivity contribution is 7.21. The van der Waals surface area contributed by atoms with Crippen molar-refractivity contribution in [2.45, 2.75) is 0 Å². The van der Waals surface area contributed by atoms with Gasteiger partial charge in [0.15, 0.2) is 0 Å². The smallest absolute Gasteiger partial charge is 0.128 e. The van der Waals surface area contributed by atoms with E-state index in [1.807, 2.05) is 18.2 Å². The minimum atomic E-state index is 0. The largest absolute Gasteiger partial charge is 0.412 e. The molecule has 4 rings (SSSR count). The molecule has 0 fully saturated rings. The van der Waals surface area contributed by atoms with Crippen LogP contribution in [-0.4, -0.2) is 29.4 Å². The molecule has 0 atom stereocenters. The van der Waals surface area contributed by atoms with E-state index in [1.165, 1.54) is 10.3 Å². The van der Waals surface area contributed by atoms with Crippen LogP contribution in [0.5, 0.6) is 0 Å². The van der Waals surface area contributed by atoms with Crippen LogP contribution in [0.3, 0.4) is 0 Å². The van der Waals surface area contributed by atoms with Crippen molar-refractivity contribution in [3.8, 4) is 10.6 Å². The summed E-state index contributed by atoms with van der Waals surface area (Å²) in [6, 6.07) is 16.7. The zero-order valence-electron chi connectivity index (χ0n) is 11.7. The summed E-state index contributed by atoms with van der Waals surface area (Å²) >= 11 is 1.73. The SMILES string of the molecule is Cl.O.c1ccc(-c2nc3ccc(C4=NCCN4)cc3s2)cc1. The number of rotatable bonds is 2. The molecule has 0 aliphatic carbocycles. The maximum Gasteiger partial charge on any atom is 0.128 e. The van der Waals surface area contributed by atoms with Crippen molar-refractivity contribution < 1.29 is 5.48 Å². The first-order valence-electron chi connectivity index (χ1n) is 6.65. The Morgan fingerprint density at radius 1 is 1.00 bits per heavy atom. The Labute approximate surface area is 138 Å². The third-order valence-electron chi connectivity index (χ3n) is 3.36. The maximum atomic E-state index is 4.71. The molecule has 0 radical (unpaired) electrons. The molecule has 2 aromatic carbocycles. The first-order valence-corrected chi connectivity index (χ1v) is 7.46. The van der Waals surface area contributed by atoms with Gasteiger partial charge in [-0.3, -0.25) is 4.99 Å². The van der Waals surface area contributed by atoms with Crippen LogP contribution in [0.2, 0.25) is 0 Å². The summed E-state index contributed by atoms with van der Waals surface area (Å²) in [7, 11) is 0. The lowest BCUT2D eigenvalue weighted by Crippen LogP contribution is -2.19. The van der Waals surface area contributed by atoms with E-state index in [0.29, 0.717) is 0 Å². The first kappa shape index (κ1) is 16.4. The van der Waals surface area contributed by atoms with Crippen LogP contribution in [0.4, 0.5) is 0 Å². The fourth-order valence-electron chi connectivity index (χ4n) is 2.37. The minimum Gasteiger partial charge on any atom is -0.412 e. The zero-order valence-corrected chi connectivity index (χ0v) is 13.4. The van der Waals surface area contributed by atoms with E-state index >= 15 is 0 Å². The van der Waals surface area contributed by atoms with Gasteiger partial charge >= 0.3 is 0 Å². The van der Waals surface area contributed by atoms with Gasteiger partial charge in [0.2, 0.25) is 0 Å². The molecule has 1 aliphatic heterocycles. The van der Waals surface area contributed by atoms with Gasteiger partial charge < -0.3 is 10.8 Å². The van der Waals surface area contributed by atoms with Gasteiger partial charge in [-0.05, 0) is 18.2 Å². The summed E-state index contributed by atoms with van der Waals surface area (Å²) in [5.41, 5.74) is 3.38. The van der Waals surface area contributed by atoms with Crippen molar-refractivity contribution in [3.63, 3.8) is 0 Å². The quantitative estimate of drug-likeness (QED) is 0.783. The Balaban J connectivity index is 0.000000882. The molecule has 2 heterocycles. The van der Waals surface area contributed by atoms with Crippen LogP contribution < -0.4 is 5.32 Å². The second-order valence-corrected chi connectivity index (χ2v) is 5.76. The Kier molecular flexibility index (Phi) is 5.13. The molecule has 1 aliphatic rings. The number of hydrogen-bond acceptors (Lipinski definition) is 4. The predicted octanol–water partition coefficient (Wildman–Crippen LogP) is 2.91. The fraction of sp³-hybridized carbons (Fsp3) is 0.125. The molecular formula is C16H16ClN3OS. The van der Waals surface area contributed by atoms with Crippen molar-refractivity contribution in [1.82, 2.24) is 10.3 Å². The zero-order chi connectivity index (χ0) is 13.4. The second-order valence-electron chi connectivity index (χ2n) is 4.72. The van der Waals surface area contributed by atoms with Gasteiger partial charge in [0.05, 0.1) is 16.8 Å². The van der Waals surface area contributed by atoms with Crippen molar-refractivity contribution >= 4 is 39.8 Å². The number of nitrogens with one attached hydrogen (secondary N) is 1. The minimum absolute atomic E-state index is 0. The summed E-state index contributed by atoms with van der Waals surface area (Å²) in [5, 5.41) is 4.38. The highest BCUT2D eigenvalue weighted by Gasteiger charge is 2.11. The van der Waals surface area contributed by atoms with E-state index in [4.69, 9.17) is 4.98 Å². The molecule has 4 nitrogen and oxygen atoms in total. The Morgan fingerprint density at radius 2 is 1.82 bits per heavy atom. The number of aromatic nitrogens is 1. The number of halogens is 1. The predicted molar refractivity (Wildman–Crippen MR) is 95.3 cm³/mol. The molecule has 0 saturated heterocycles.